The summed E-state index contributed by atoms with van der Waals surface area (Å²) in [6.45, 7) is -0.679. The lowest BCUT2D eigenvalue weighted by Gasteiger charge is -2.29. The Morgan fingerprint density at radius 2 is 1.76 bits per heavy atom. The van der Waals surface area contributed by atoms with Crippen LogP contribution < -0.4 is 22.1 Å². The van der Waals surface area contributed by atoms with Gasteiger partial charge in [0.05, 0.1) is 13.2 Å². The zero-order chi connectivity index (χ0) is 22.0. The van der Waals surface area contributed by atoms with E-state index in [0.29, 0.717) is 32.2 Å². The summed E-state index contributed by atoms with van der Waals surface area (Å²) in [5.74, 6) is -3.25. The zero-order valence-electron chi connectivity index (χ0n) is 16.2. The number of aliphatic hydroxyl groups excluding tert-OH is 2. The number of aliphatic hydroxyl groups is 2. The Kier molecular flexibility index (Phi) is 10.5. The lowest BCUT2D eigenvalue weighted by Crippen LogP contribution is -2.57. The van der Waals surface area contributed by atoms with Crippen molar-refractivity contribution in [1.82, 2.24) is 15.5 Å². The van der Waals surface area contributed by atoms with Crippen LogP contribution in [0, 0.1) is 0 Å². The van der Waals surface area contributed by atoms with Gasteiger partial charge in [0.15, 0.2) is 0 Å². The molecule has 0 aromatic heterocycles. The summed E-state index contributed by atoms with van der Waals surface area (Å²) >= 11 is 0. The molecule has 0 aliphatic carbocycles. The Morgan fingerprint density at radius 1 is 1.07 bits per heavy atom. The van der Waals surface area contributed by atoms with Crippen LogP contribution in [0.25, 0.3) is 0 Å². The van der Waals surface area contributed by atoms with Gasteiger partial charge in [-0.3, -0.25) is 14.4 Å². The zero-order valence-corrected chi connectivity index (χ0v) is 16.2. The summed E-state index contributed by atoms with van der Waals surface area (Å²) in [6, 6.07) is -4.51. The van der Waals surface area contributed by atoms with E-state index < -0.39 is 61.1 Å². The van der Waals surface area contributed by atoms with Crippen LogP contribution in [-0.4, -0.2) is 94.4 Å². The minimum absolute atomic E-state index is 0.267. The van der Waals surface area contributed by atoms with Crippen LogP contribution in [0.2, 0.25) is 0 Å². The molecule has 0 radical (unpaired) electrons. The fourth-order valence-corrected chi connectivity index (χ4v) is 3.07. The highest BCUT2D eigenvalue weighted by Gasteiger charge is 2.38. The number of nitrogens with zero attached hydrogens (tertiary/aromatic N) is 1. The van der Waals surface area contributed by atoms with E-state index in [9.17, 15) is 19.2 Å². The molecule has 29 heavy (non-hydrogen) atoms. The molecule has 0 aromatic rings. The van der Waals surface area contributed by atoms with Crippen molar-refractivity contribution in [3.63, 3.8) is 0 Å². The summed E-state index contributed by atoms with van der Waals surface area (Å²) in [7, 11) is 0. The second-order valence-electron chi connectivity index (χ2n) is 6.91. The maximum absolute atomic E-state index is 13.0. The summed E-state index contributed by atoms with van der Waals surface area (Å²) < 4.78 is 0. The molecule has 4 unspecified atom stereocenters. The number of rotatable bonds is 12. The quantitative estimate of drug-likeness (QED) is 0.157. The standard InChI is InChI=1S/C17H31N5O7/c18-6-2-1-4-11(20-14(25)10(19)8-23)16(27)22-7-3-5-13(22)15(26)21-12(9-24)17(28)29/h10-13,23-24H,1-9,18-19H2,(H,20,25)(H,21,26)(H,28,29). The van der Waals surface area contributed by atoms with Crippen molar-refractivity contribution in [3.05, 3.63) is 0 Å². The van der Waals surface area contributed by atoms with E-state index in [4.69, 9.17) is 26.8 Å². The van der Waals surface area contributed by atoms with Crippen molar-refractivity contribution in [2.24, 2.45) is 11.5 Å². The third-order valence-electron chi connectivity index (χ3n) is 4.73. The van der Waals surface area contributed by atoms with Crippen molar-refractivity contribution in [2.75, 3.05) is 26.3 Å². The summed E-state index contributed by atoms with van der Waals surface area (Å²) in [5.41, 5.74) is 11.0. The lowest BCUT2D eigenvalue weighted by molar-refractivity contribution is -0.145. The number of aliphatic carboxylic acids is 1. The number of hydrogen-bond donors (Lipinski definition) is 7. The molecule has 1 aliphatic rings. The van der Waals surface area contributed by atoms with Crippen LogP contribution in [-0.2, 0) is 19.2 Å². The number of likely N-dealkylation sites (tertiary alicyclic amines) is 1. The van der Waals surface area contributed by atoms with Gasteiger partial charge < -0.3 is 42.3 Å². The molecule has 0 bridgehead atoms. The first-order valence-corrected chi connectivity index (χ1v) is 9.58. The Balaban J connectivity index is 2.89. The van der Waals surface area contributed by atoms with Gasteiger partial charge in [-0.1, -0.05) is 0 Å². The highest BCUT2D eigenvalue weighted by molar-refractivity contribution is 5.94. The van der Waals surface area contributed by atoms with Crippen LogP contribution in [0.4, 0.5) is 0 Å². The van der Waals surface area contributed by atoms with Gasteiger partial charge >= 0.3 is 5.97 Å². The summed E-state index contributed by atoms with van der Waals surface area (Å²) in [4.78, 5) is 49.8. The van der Waals surface area contributed by atoms with Crippen LogP contribution in [0.15, 0.2) is 0 Å². The molecular formula is C17H31N5O7. The monoisotopic (exact) mass is 417 g/mol. The topological polar surface area (TPSA) is 208 Å². The van der Waals surface area contributed by atoms with Crippen molar-refractivity contribution < 1.29 is 34.5 Å². The normalized spacial score (nSPS) is 19.3. The van der Waals surface area contributed by atoms with Gasteiger partial charge in [0, 0.05) is 6.54 Å². The molecule has 0 aromatic carbocycles. The first-order valence-electron chi connectivity index (χ1n) is 9.58. The Morgan fingerprint density at radius 3 is 2.31 bits per heavy atom. The van der Waals surface area contributed by atoms with Gasteiger partial charge in [0.2, 0.25) is 17.7 Å². The van der Waals surface area contributed by atoms with Gasteiger partial charge in [-0.05, 0) is 38.6 Å². The van der Waals surface area contributed by atoms with Gasteiger partial charge in [0.1, 0.15) is 24.2 Å². The predicted molar refractivity (Wildman–Crippen MR) is 101 cm³/mol. The van der Waals surface area contributed by atoms with E-state index in [-0.39, 0.29) is 13.0 Å². The third-order valence-corrected chi connectivity index (χ3v) is 4.73. The Bertz CT molecular complexity index is 589. The highest BCUT2D eigenvalue weighted by Crippen LogP contribution is 2.20. The molecule has 1 aliphatic heterocycles. The molecule has 1 saturated heterocycles. The second kappa shape index (κ2) is 12.3. The molecule has 1 rings (SSSR count). The summed E-state index contributed by atoms with van der Waals surface area (Å²) in [5, 5.41) is 31.8. The van der Waals surface area contributed by atoms with Gasteiger partial charge in [-0.2, -0.15) is 0 Å². The van der Waals surface area contributed by atoms with E-state index in [1.165, 1.54) is 4.90 Å². The van der Waals surface area contributed by atoms with Crippen LogP contribution in [0.1, 0.15) is 32.1 Å². The number of nitrogens with two attached hydrogens (primary N) is 2. The number of hydrogen-bond acceptors (Lipinski definition) is 8. The molecule has 12 heteroatoms. The lowest BCUT2D eigenvalue weighted by atomic mass is 10.1. The van der Waals surface area contributed by atoms with Crippen molar-refractivity contribution in [3.8, 4) is 0 Å². The van der Waals surface area contributed by atoms with E-state index in [1.54, 1.807) is 0 Å². The van der Waals surface area contributed by atoms with Gasteiger partial charge in [-0.15, -0.1) is 0 Å². The number of unbranched alkanes of at least 4 members (excludes halogenated alkanes) is 1. The Labute approximate surface area is 168 Å². The molecule has 1 fully saturated rings. The van der Waals surface area contributed by atoms with E-state index in [1.807, 2.05) is 0 Å². The smallest absolute Gasteiger partial charge is 0.328 e. The molecule has 3 amide bonds. The van der Waals surface area contributed by atoms with Gasteiger partial charge in [-0.25, -0.2) is 4.79 Å². The number of nitrogens with one attached hydrogen (secondary N) is 2. The number of carboxylic acids is 1. The van der Waals surface area contributed by atoms with Crippen molar-refractivity contribution in [2.45, 2.75) is 56.3 Å². The first kappa shape index (κ1) is 24.8. The van der Waals surface area contributed by atoms with Crippen molar-refractivity contribution >= 4 is 23.7 Å². The second-order valence-corrected chi connectivity index (χ2v) is 6.91. The molecule has 0 spiro atoms. The van der Waals surface area contributed by atoms with E-state index in [0.717, 1.165) is 0 Å². The molecule has 166 valence electrons. The minimum atomic E-state index is -1.47. The number of amides is 3. The molecular weight excluding hydrogens is 386 g/mol. The fraction of sp³-hybridized carbons (Fsp3) is 0.765. The Hall–Kier alpha value is -2.28. The van der Waals surface area contributed by atoms with Gasteiger partial charge in [0.25, 0.3) is 0 Å². The maximum Gasteiger partial charge on any atom is 0.328 e. The third kappa shape index (κ3) is 7.24. The average Bonchev–Trinajstić information content (AvgIpc) is 3.19. The van der Waals surface area contributed by atoms with Crippen LogP contribution in [0.5, 0.6) is 0 Å². The number of carboxylic acid groups (broad SMARTS) is 1. The largest absolute Gasteiger partial charge is 0.480 e. The molecule has 9 N–H and O–H groups in total. The molecule has 4 atom stereocenters. The molecule has 1 heterocycles. The van der Waals surface area contributed by atoms with E-state index in [2.05, 4.69) is 10.6 Å². The first-order chi connectivity index (χ1) is 13.8. The maximum atomic E-state index is 13.0. The van der Waals surface area contributed by atoms with Crippen molar-refractivity contribution in [1.29, 1.82) is 0 Å². The minimum Gasteiger partial charge on any atom is -0.480 e. The average molecular weight is 417 g/mol. The fourth-order valence-electron chi connectivity index (χ4n) is 3.07. The molecule has 0 saturated carbocycles. The SMILES string of the molecule is NCCCCC(NC(=O)C(N)CO)C(=O)N1CCCC1C(=O)NC(CO)C(=O)O. The number of carbonyl (C=O) groups is 4. The predicted octanol–water partition coefficient (Wildman–Crippen LogP) is -3.53. The molecule has 12 nitrogen and oxygen atoms in total. The van der Waals surface area contributed by atoms with E-state index >= 15 is 0 Å². The number of carbonyl (C=O) groups excluding carboxylic acids is 3. The summed E-state index contributed by atoms with van der Waals surface area (Å²) in [6.07, 6.45) is 2.32. The van der Waals surface area contributed by atoms with Crippen LogP contribution >= 0.6 is 0 Å². The highest BCUT2D eigenvalue weighted by atomic mass is 16.4. The van der Waals surface area contributed by atoms with Crippen LogP contribution in [0.3, 0.4) is 0 Å².